The summed E-state index contributed by atoms with van der Waals surface area (Å²) in [6.07, 6.45) is 3.51. The zero-order valence-electron chi connectivity index (χ0n) is 12.2. The number of benzene rings is 1. The molecular formula is C17H17N3O2. The molecule has 3 N–H and O–H groups in total. The largest absolute Gasteiger partial charge is 0.478 e. The minimum Gasteiger partial charge on any atom is -0.478 e. The second-order valence-electron chi connectivity index (χ2n) is 5.02. The van der Waals surface area contributed by atoms with E-state index in [0.717, 1.165) is 22.0 Å². The molecule has 1 atom stereocenters. The molecule has 3 rings (SSSR count). The Bertz CT molecular complexity index is 793. The Balaban J connectivity index is 1.99. The molecule has 2 aromatic heterocycles. The molecular weight excluding hydrogens is 278 g/mol. The number of aromatic nitrogens is 2. The van der Waals surface area contributed by atoms with E-state index in [0.29, 0.717) is 12.5 Å². The zero-order chi connectivity index (χ0) is 15.5. The van der Waals surface area contributed by atoms with Crippen LogP contribution in [0.25, 0.3) is 10.9 Å². The molecule has 0 radical (unpaired) electrons. The van der Waals surface area contributed by atoms with E-state index < -0.39 is 11.8 Å². The number of primary amides is 1. The Morgan fingerprint density at radius 2 is 2.09 bits per heavy atom. The first kappa shape index (κ1) is 14.1. The number of pyridine rings is 1. The van der Waals surface area contributed by atoms with Gasteiger partial charge in [-0.2, -0.15) is 0 Å². The summed E-state index contributed by atoms with van der Waals surface area (Å²) >= 11 is 0. The van der Waals surface area contributed by atoms with Crippen molar-refractivity contribution in [3.8, 4) is 5.88 Å². The van der Waals surface area contributed by atoms with Gasteiger partial charge in [0.1, 0.15) is 0 Å². The molecule has 112 valence electrons. The number of amides is 1. The second kappa shape index (κ2) is 5.89. The van der Waals surface area contributed by atoms with Crippen LogP contribution in [-0.2, 0) is 4.79 Å². The van der Waals surface area contributed by atoms with Gasteiger partial charge in [0, 0.05) is 24.0 Å². The van der Waals surface area contributed by atoms with E-state index in [2.05, 4.69) is 9.97 Å². The van der Waals surface area contributed by atoms with Crippen molar-refractivity contribution >= 4 is 16.8 Å². The molecule has 0 spiro atoms. The lowest BCUT2D eigenvalue weighted by Crippen LogP contribution is -2.22. The van der Waals surface area contributed by atoms with Crippen LogP contribution < -0.4 is 10.5 Å². The highest BCUT2D eigenvalue weighted by molar-refractivity contribution is 5.88. The maximum atomic E-state index is 11.9. The number of nitrogens with one attached hydrogen (secondary N) is 1. The summed E-state index contributed by atoms with van der Waals surface area (Å²) in [6, 6.07) is 11.4. The lowest BCUT2D eigenvalue weighted by Gasteiger charge is -2.14. The lowest BCUT2D eigenvalue weighted by molar-refractivity contribution is -0.118. The SMILES string of the molecule is CCOc1ccc(C(C(N)=O)c2ccc3cc[nH]c3c2)cn1. The lowest BCUT2D eigenvalue weighted by atomic mass is 9.91. The highest BCUT2D eigenvalue weighted by Gasteiger charge is 2.21. The molecule has 5 nitrogen and oxygen atoms in total. The summed E-state index contributed by atoms with van der Waals surface area (Å²) in [5, 5.41) is 1.09. The van der Waals surface area contributed by atoms with Crippen molar-refractivity contribution in [2.24, 2.45) is 5.73 Å². The molecule has 0 fully saturated rings. The number of nitrogens with two attached hydrogens (primary N) is 1. The first-order valence-corrected chi connectivity index (χ1v) is 7.14. The molecule has 22 heavy (non-hydrogen) atoms. The van der Waals surface area contributed by atoms with Crippen LogP contribution in [0, 0.1) is 0 Å². The smallest absolute Gasteiger partial charge is 0.229 e. The molecule has 0 saturated heterocycles. The van der Waals surface area contributed by atoms with Crippen LogP contribution >= 0.6 is 0 Å². The molecule has 3 aromatic rings. The molecule has 1 amide bonds. The number of carbonyl (C=O) groups excluding carboxylic acids is 1. The number of aromatic amines is 1. The van der Waals surface area contributed by atoms with Crippen molar-refractivity contribution in [3.05, 3.63) is 59.9 Å². The van der Waals surface area contributed by atoms with Gasteiger partial charge in [-0.1, -0.05) is 18.2 Å². The van der Waals surface area contributed by atoms with Crippen LogP contribution in [0.4, 0.5) is 0 Å². The van der Waals surface area contributed by atoms with Crippen LogP contribution in [0.1, 0.15) is 24.0 Å². The third kappa shape index (κ3) is 2.65. The number of fused-ring (bicyclic) bond motifs is 1. The van der Waals surface area contributed by atoms with E-state index in [-0.39, 0.29) is 0 Å². The monoisotopic (exact) mass is 295 g/mol. The fourth-order valence-electron chi connectivity index (χ4n) is 2.56. The van der Waals surface area contributed by atoms with E-state index in [9.17, 15) is 4.79 Å². The summed E-state index contributed by atoms with van der Waals surface area (Å²) in [6.45, 7) is 2.45. The molecule has 0 aliphatic carbocycles. The predicted octanol–water partition coefficient (Wildman–Crippen LogP) is 2.58. The Morgan fingerprint density at radius 3 is 2.77 bits per heavy atom. The summed E-state index contributed by atoms with van der Waals surface area (Å²) < 4.78 is 5.32. The van der Waals surface area contributed by atoms with Crippen molar-refractivity contribution in [3.63, 3.8) is 0 Å². The van der Waals surface area contributed by atoms with Crippen LogP contribution in [0.5, 0.6) is 5.88 Å². The van der Waals surface area contributed by atoms with Crippen LogP contribution in [-0.4, -0.2) is 22.5 Å². The van der Waals surface area contributed by atoms with Crippen LogP contribution in [0.15, 0.2) is 48.8 Å². The molecule has 0 aliphatic heterocycles. The summed E-state index contributed by atoms with van der Waals surface area (Å²) in [5.41, 5.74) is 8.18. The number of ether oxygens (including phenoxy) is 1. The second-order valence-corrected chi connectivity index (χ2v) is 5.02. The molecule has 1 aromatic carbocycles. The molecule has 0 bridgehead atoms. The van der Waals surface area contributed by atoms with Gasteiger partial charge < -0.3 is 15.5 Å². The van der Waals surface area contributed by atoms with Crippen molar-refractivity contribution in [2.45, 2.75) is 12.8 Å². The van der Waals surface area contributed by atoms with Crippen molar-refractivity contribution in [2.75, 3.05) is 6.61 Å². The minimum absolute atomic E-state index is 0.406. The Kier molecular flexibility index (Phi) is 3.78. The Hall–Kier alpha value is -2.82. The van der Waals surface area contributed by atoms with E-state index in [1.807, 2.05) is 43.5 Å². The molecule has 0 saturated carbocycles. The predicted molar refractivity (Wildman–Crippen MR) is 84.7 cm³/mol. The standard InChI is InChI=1S/C17H17N3O2/c1-2-22-15-6-5-13(10-20-15)16(17(18)21)12-4-3-11-7-8-19-14(11)9-12/h3-10,16,19H,2H2,1H3,(H2,18,21). The summed E-state index contributed by atoms with van der Waals surface area (Å²) in [5.74, 6) is -0.401. The van der Waals surface area contributed by atoms with E-state index in [1.165, 1.54) is 0 Å². The topological polar surface area (TPSA) is 81.0 Å². The number of nitrogens with zero attached hydrogens (tertiary/aromatic N) is 1. The van der Waals surface area contributed by atoms with Gasteiger partial charge in [-0.15, -0.1) is 0 Å². The van der Waals surface area contributed by atoms with Gasteiger partial charge in [0.05, 0.1) is 12.5 Å². The first-order chi connectivity index (χ1) is 10.7. The number of hydrogen-bond donors (Lipinski definition) is 2. The highest BCUT2D eigenvalue weighted by Crippen LogP contribution is 2.27. The van der Waals surface area contributed by atoms with Gasteiger partial charge in [0.25, 0.3) is 0 Å². The van der Waals surface area contributed by atoms with Gasteiger partial charge in [-0.3, -0.25) is 4.79 Å². The van der Waals surface area contributed by atoms with Crippen molar-refractivity contribution in [1.82, 2.24) is 9.97 Å². The van der Waals surface area contributed by atoms with E-state index in [1.54, 1.807) is 12.3 Å². The quantitative estimate of drug-likeness (QED) is 0.759. The summed E-state index contributed by atoms with van der Waals surface area (Å²) in [4.78, 5) is 19.3. The highest BCUT2D eigenvalue weighted by atomic mass is 16.5. The number of H-pyrrole nitrogens is 1. The maximum Gasteiger partial charge on any atom is 0.229 e. The van der Waals surface area contributed by atoms with Crippen LogP contribution in [0.3, 0.4) is 0 Å². The van der Waals surface area contributed by atoms with Gasteiger partial charge in [0.15, 0.2) is 0 Å². The normalized spacial score (nSPS) is 12.2. The van der Waals surface area contributed by atoms with Crippen molar-refractivity contribution < 1.29 is 9.53 Å². The van der Waals surface area contributed by atoms with Gasteiger partial charge in [-0.05, 0) is 35.6 Å². The average Bonchev–Trinajstić information content (AvgIpc) is 2.97. The van der Waals surface area contributed by atoms with Gasteiger partial charge >= 0.3 is 0 Å². The average molecular weight is 295 g/mol. The Labute approximate surface area is 128 Å². The molecule has 2 heterocycles. The maximum absolute atomic E-state index is 11.9. The minimum atomic E-state index is -0.532. The zero-order valence-corrected chi connectivity index (χ0v) is 12.2. The molecule has 0 aliphatic rings. The number of hydrogen-bond acceptors (Lipinski definition) is 3. The van der Waals surface area contributed by atoms with E-state index >= 15 is 0 Å². The molecule has 1 unspecified atom stereocenters. The third-order valence-electron chi connectivity index (χ3n) is 3.58. The van der Waals surface area contributed by atoms with Gasteiger partial charge in [0.2, 0.25) is 11.8 Å². The van der Waals surface area contributed by atoms with Crippen LogP contribution in [0.2, 0.25) is 0 Å². The molecule has 5 heteroatoms. The van der Waals surface area contributed by atoms with Crippen molar-refractivity contribution in [1.29, 1.82) is 0 Å². The summed E-state index contributed by atoms with van der Waals surface area (Å²) in [7, 11) is 0. The number of carbonyl (C=O) groups is 1. The fraction of sp³-hybridized carbons (Fsp3) is 0.176. The third-order valence-corrected chi connectivity index (χ3v) is 3.58. The first-order valence-electron chi connectivity index (χ1n) is 7.14. The fourth-order valence-corrected chi connectivity index (χ4v) is 2.56. The van der Waals surface area contributed by atoms with Gasteiger partial charge in [-0.25, -0.2) is 4.98 Å². The Morgan fingerprint density at radius 1 is 1.27 bits per heavy atom. The number of rotatable bonds is 5. The van der Waals surface area contributed by atoms with E-state index in [4.69, 9.17) is 10.5 Å².